The average molecular weight is 235 g/mol. The first kappa shape index (κ1) is 11.9. The summed E-state index contributed by atoms with van der Waals surface area (Å²) in [5, 5.41) is -1.64. The van der Waals surface area contributed by atoms with E-state index < -0.39 is 17.6 Å². The van der Waals surface area contributed by atoms with Gasteiger partial charge < -0.3 is 4.74 Å². The number of carbonyl (C=O) groups excluding carboxylic acids is 1. The average Bonchev–Trinajstić information content (AvgIpc) is 2.18. The molecule has 0 bridgehead atoms. The van der Waals surface area contributed by atoms with Gasteiger partial charge in [-0.15, -0.1) is 0 Å². The number of benzene rings is 1. The smallest absolute Gasteiger partial charge is 0.324 e. The highest BCUT2D eigenvalue weighted by Gasteiger charge is 2.37. The van der Waals surface area contributed by atoms with E-state index >= 15 is 0 Å². The van der Waals surface area contributed by atoms with Crippen LogP contribution in [0.3, 0.4) is 0 Å². The highest BCUT2D eigenvalue weighted by Crippen LogP contribution is 2.24. The lowest BCUT2D eigenvalue weighted by atomic mass is 10.1. The Kier molecular flexibility index (Phi) is 3.63. The van der Waals surface area contributed by atoms with Crippen LogP contribution in [0.4, 0.5) is 8.78 Å². The van der Waals surface area contributed by atoms with Crippen LogP contribution in [-0.4, -0.2) is 18.3 Å². The number of ether oxygens (including phenoxy) is 1. The quantitative estimate of drug-likeness (QED) is 0.749. The number of methoxy groups -OCH3 is 1. The maximum atomic E-state index is 12.9. The molecule has 0 amide bonds. The molecule has 5 heteroatoms. The van der Waals surface area contributed by atoms with Crippen LogP contribution >= 0.6 is 11.6 Å². The van der Waals surface area contributed by atoms with Gasteiger partial charge in [0.05, 0.1) is 7.11 Å². The molecule has 1 aromatic rings. The molecular weight excluding hydrogens is 226 g/mol. The van der Waals surface area contributed by atoms with Gasteiger partial charge in [-0.1, -0.05) is 12.1 Å². The van der Waals surface area contributed by atoms with Crippen LogP contribution in [0.2, 0.25) is 0 Å². The molecule has 15 heavy (non-hydrogen) atoms. The van der Waals surface area contributed by atoms with Crippen LogP contribution in [-0.2, 0) is 11.2 Å². The second kappa shape index (κ2) is 4.57. The van der Waals surface area contributed by atoms with Crippen LogP contribution in [0.15, 0.2) is 24.3 Å². The molecule has 0 aliphatic heterocycles. The molecule has 0 spiro atoms. The maximum Gasteiger partial charge on any atom is 0.324 e. The van der Waals surface area contributed by atoms with E-state index in [1.165, 1.54) is 19.2 Å². The fourth-order valence-corrected chi connectivity index (χ4v) is 1.14. The summed E-state index contributed by atoms with van der Waals surface area (Å²) in [5.41, 5.74) is 0.329. The Balaban J connectivity index is 2.77. The first-order valence-electron chi connectivity index (χ1n) is 4.16. The largest absolute Gasteiger partial charge is 0.497 e. The summed E-state index contributed by atoms with van der Waals surface area (Å²) in [7, 11) is 1.48. The number of halogens is 3. The van der Waals surface area contributed by atoms with E-state index in [-0.39, 0.29) is 0 Å². The van der Waals surface area contributed by atoms with Gasteiger partial charge in [0.25, 0.3) is 5.24 Å². The van der Waals surface area contributed by atoms with Crippen LogP contribution < -0.4 is 4.74 Å². The third-order valence-corrected chi connectivity index (χ3v) is 2.15. The minimum absolute atomic E-state index is 0.329. The summed E-state index contributed by atoms with van der Waals surface area (Å²) in [4.78, 5) is 10.4. The zero-order valence-corrected chi connectivity index (χ0v) is 8.72. The Hall–Kier alpha value is -1.16. The lowest BCUT2D eigenvalue weighted by Gasteiger charge is -2.11. The van der Waals surface area contributed by atoms with Gasteiger partial charge in [0, 0.05) is 6.42 Å². The molecule has 0 atom stereocenters. The summed E-state index contributed by atoms with van der Waals surface area (Å²) < 4.78 is 30.7. The zero-order valence-electron chi connectivity index (χ0n) is 7.97. The minimum atomic E-state index is -3.52. The molecule has 0 fully saturated rings. The molecular formula is C10H9ClF2O2. The van der Waals surface area contributed by atoms with Gasteiger partial charge in [0.1, 0.15) is 5.75 Å². The van der Waals surface area contributed by atoms with Crippen molar-refractivity contribution in [3.63, 3.8) is 0 Å². The summed E-state index contributed by atoms with van der Waals surface area (Å²) in [6, 6.07) is 6.02. The lowest BCUT2D eigenvalue weighted by molar-refractivity contribution is -0.133. The molecule has 0 radical (unpaired) electrons. The molecule has 0 aliphatic rings. The van der Waals surface area contributed by atoms with Crippen LogP contribution in [0, 0.1) is 0 Å². The number of hydrogen-bond donors (Lipinski definition) is 0. The molecule has 2 nitrogen and oxygen atoms in total. The Morgan fingerprint density at radius 1 is 1.40 bits per heavy atom. The standard InChI is InChI=1S/C10H9ClF2O2/c1-15-8-4-2-7(3-5-8)6-10(12,13)9(11)14/h2-5H,6H2,1H3. The Labute approximate surface area is 90.8 Å². The zero-order chi connectivity index (χ0) is 11.5. The van der Waals surface area contributed by atoms with Gasteiger partial charge in [0.15, 0.2) is 0 Å². The van der Waals surface area contributed by atoms with Gasteiger partial charge in [-0.25, -0.2) is 0 Å². The van der Waals surface area contributed by atoms with Crippen LogP contribution in [0.5, 0.6) is 5.75 Å². The molecule has 1 aromatic carbocycles. The van der Waals surface area contributed by atoms with Gasteiger partial charge in [-0.05, 0) is 29.3 Å². The summed E-state index contributed by atoms with van der Waals surface area (Å²) in [6.07, 6.45) is -0.695. The third kappa shape index (κ3) is 3.16. The van der Waals surface area contributed by atoms with Crippen molar-refractivity contribution in [3.05, 3.63) is 29.8 Å². The monoisotopic (exact) mass is 234 g/mol. The van der Waals surface area contributed by atoms with E-state index in [0.717, 1.165) is 0 Å². The van der Waals surface area contributed by atoms with Crippen molar-refractivity contribution in [3.8, 4) is 5.75 Å². The van der Waals surface area contributed by atoms with Crippen molar-refractivity contribution in [2.45, 2.75) is 12.3 Å². The number of hydrogen-bond acceptors (Lipinski definition) is 2. The number of carbonyl (C=O) groups is 1. The fourth-order valence-electron chi connectivity index (χ4n) is 1.07. The van der Waals surface area contributed by atoms with Crippen molar-refractivity contribution < 1.29 is 18.3 Å². The van der Waals surface area contributed by atoms with Crippen LogP contribution in [0.25, 0.3) is 0 Å². The molecule has 0 unspecified atom stereocenters. The van der Waals surface area contributed by atoms with Crippen molar-refractivity contribution in [2.24, 2.45) is 0 Å². The molecule has 1 rings (SSSR count). The maximum absolute atomic E-state index is 12.9. The SMILES string of the molecule is COc1ccc(CC(F)(F)C(=O)Cl)cc1. The molecule has 0 N–H and O–H groups in total. The topological polar surface area (TPSA) is 26.3 Å². The Bertz CT molecular complexity index is 349. The molecule has 0 aliphatic carbocycles. The Morgan fingerprint density at radius 2 is 1.93 bits per heavy atom. The van der Waals surface area contributed by atoms with E-state index in [0.29, 0.717) is 11.3 Å². The molecule has 0 saturated heterocycles. The predicted octanol–water partition coefficient (Wildman–Crippen LogP) is 2.64. The third-order valence-electron chi connectivity index (χ3n) is 1.87. The van der Waals surface area contributed by atoms with E-state index in [4.69, 9.17) is 16.3 Å². The lowest BCUT2D eigenvalue weighted by Crippen LogP contribution is -2.26. The van der Waals surface area contributed by atoms with Gasteiger partial charge in [-0.2, -0.15) is 8.78 Å². The highest BCUT2D eigenvalue weighted by atomic mass is 35.5. The summed E-state index contributed by atoms with van der Waals surface area (Å²) in [5.74, 6) is -2.95. The summed E-state index contributed by atoms with van der Waals surface area (Å²) >= 11 is 4.76. The number of rotatable bonds is 4. The van der Waals surface area contributed by atoms with Crippen molar-refractivity contribution in [1.82, 2.24) is 0 Å². The van der Waals surface area contributed by atoms with E-state index in [2.05, 4.69) is 0 Å². The first-order valence-corrected chi connectivity index (χ1v) is 4.54. The normalized spacial score (nSPS) is 11.2. The number of alkyl halides is 2. The van der Waals surface area contributed by atoms with Crippen LogP contribution in [0.1, 0.15) is 5.56 Å². The van der Waals surface area contributed by atoms with E-state index in [9.17, 15) is 13.6 Å². The molecule has 0 heterocycles. The molecule has 82 valence electrons. The summed E-state index contributed by atoms with van der Waals surface area (Å²) in [6.45, 7) is 0. The first-order chi connectivity index (χ1) is 6.95. The molecule has 0 aromatic heterocycles. The van der Waals surface area contributed by atoms with Crippen molar-refractivity contribution in [2.75, 3.05) is 7.11 Å². The predicted molar refractivity (Wildman–Crippen MR) is 52.5 cm³/mol. The highest BCUT2D eigenvalue weighted by molar-refractivity contribution is 6.65. The van der Waals surface area contributed by atoms with Gasteiger partial charge in [0.2, 0.25) is 0 Å². The van der Waals surface area contributed by atoms with Crippen molar-refractivity contribution >= 4 is 16.8 Å². The second-order valence-corrected chi connectivity index (χ2v) is 3.35. The second-order valence-electron chi connectivity index (χ2n) is 3.00. The van der Waals surface area contributed by atoms with Crippen molar-refractivity contribution in [1.29, 1.82) is 0 Å². The van der Waals surface area contributed by atoms with E-state index in [1.54, 1.807) is 12.1 Å². The molecule has 0 saturated carbocycles. The minimum Gasteiger partial charge on any atom is -0.497 e. The van der Waals surface area contributed by atoms with Gasteiger partial charge in [-0.3, -0.25) is 4.79 Å². The Morgan fingerprint density at radius 3 is 2.33 bits per heavy atom. The van der Waals surface area contributed by atoms with E-state index in [1.807, 2.05) is 0 Å². The fraction of sp³-hybridized carbons (Fsp3) is 0.300. The van der Waals surface area contributed by atoms with Gasteiger partial charge >= 0.3 is 5.92 Å².